The Bertz CT molecular complexity index is 120. The Balaban J connectivity index is 2.95. The average Bonchev–Trinajstić information content (AvgIpc) is 2.21. The summed E-state index contributed by atoms with van der Waals surface area (Å²) in [6.07, 6.45) is 13.0. The smallest absolute Gasteiger partial charge is 0.122 e. The van der Waals surface area contributed by atoms with E-state index in [1.807, 2.05) is 6.92 Å². The molecule has 0 spiro atoms. The Labute approximate surface area is 89.3 Å². The Kier molecular flexibility index (Phi) is 10.5. The zero-order valence-electron chi connectivity index (χ0n) is 9.93. The van der Waals surface area contributed by atoms with Crippen molar-refractivity contribution in [2.45, 2.75) is 71.6 Å². The van der Waals surface area contributed by atoms with Crippen molar-refractivity contribution in [3.63, 3.8) is 0 Å². The number of hydrogen-bond acceptors (Lipinski definition) is 1. The summed E-state index contributed by atoms with van der Waals surface area (Å²) in [4.78, 5) is 10.3. The lowest BCUT2D eigenvalue weighted by Crippen LogP contribution is -1.94. The number of carbonyl (C=O) groups excluding carboxylic acids is 1. The summed E-state index contributed by atoms with van der Waals surface area (Å²) in [5.74, 6) is 0.273. The van der Waals surface area contributed by atoms with Crippen LogP contribution < -0.4 is 0 Å². The van der Waals surface area contributed by atoms with Gasteiger partial charge in [-0.05, 0) is 6.42 Å². The molecule has 0 aliphatic carbocycles. The van der Waals surface area contributed by atoms with Crippen molar-refractivity contribution >= 4 is 6.29 Å². The molecule has 0 fully saturated rings. The molecule has 1 heteroatoms. The van der Waals surface area contributed by atoms with Crippen LogP contribution in [0.5, 0.6) is 0 Å². The highest BCUT2D eigenvalue weighted by Gasteiger charge is 1.98. The predicted octanol–water partition coefficient (Wildman–Crippen LogP) is 4.35. The van der Waals surface area contributed by atoms with Gasteiger partial charge in [-0.2, -0.15) is 0 Å². The van der Waals surface area contributed by atoms with Gasteiger partial charge in [0, 0.05) is 5.92 Å². The highest BCUT2D eigenvalue weighted by atomic mass is 16.1. The molecule has 1 nitrogen and oxygen atoms in total. The van der Waals surface area contributed by atoms with Crippen molar-refractivity contribution in [1.29, 1.82) is 0 Å². The van der Waals surface area contributed by atoms with Gasteiger partial charge in [-0.1, -0.05) is 65.2 Å². The molecule has 0 aliphatic heterocycles. The molecule has 0 radical (unpaired) electrons. The molecule has 14 heavy (non-hydrogen) atoms. The van der Waals surface area contributed by atoms with E-state index in [2.05, 4.69) is 6.92 Å². The SMILES string of the molecule is CCCCCCCCCCC(C)C=O. The lowest BCUT2D eigenvalue weighted by atomic mass is 10.0. The van der Waals surface area contributed by atoms with E-state index in [1.54, 1.807) is 0 Å². The standard InChI is InChI=1S/C13H26O/c1-3-4-5-6-7-8-9-10-11-13(2)12-14/h12-13H,3-11H2,1-2H3. The molecule has 0 bridgehead atoms. The van der Waals surface area contributed by atoms with Crippen molar-refractivity contribution in [1.82, 2.24) is 0 Å². The van der Waals surface area contributed by atoms with Crippen molar-refractivity contribution in [3.05, 3.63) is 0 Å². The molecule has 84 valence electrons. The molecule has 0 heterocycles. The molecular weight excluding hydrogens is 172 g/mol. The summed E-state index contributed by atoms with van der Waals surface area (Å²) in [5.41, 5.74) is 0. The van der Waals surface area contributed by atoms with Gasteiger partial charge in [0.1, 0.15) is 6.29 Å². The fraction of sp³-hybridized carbons (Fsp3) is 0.923. The minimum Gasteiger partial charge on any atom is -0.303 e. The molecule has 0 aromatic rings. The molecule has 1 unspecified atom stereocenters. The summed E-state index contributed by atoms with van der Waals surface area (Å²) in [5, 5.41) is 0. The highest BCUT2D eigenvalue weighted by Crippen LogP contribution is 2.11. The van der Waals surface area contributed by atoms with Gasteiger partial charge < -0.3 is 4.79 Å². The molecule has 0 aromatic heterocycles. The zero-order chi connectivity index (χ0) is 10.6. The van der Waals surface area contributed by atoms with E-state index in [0.717, 1.165) is 12.7 Å². The summed E-state index contributed by atoms with van der Waals surface area (Å²) in [7, 11) is 0. The topological polar surface area (TPSA) is 17.1 Å². The lowest BCUT2D eigenvalue weighted by molar-refractivity contribution is -0.110. The quantitative estimate of drug-likeness (QED) is 0.377. The van der Waals surface area contributed by atoms with Crippen LogP contribution in [-0.4, -0.2) is 6.29 Å². The van der Waals surface area contributed by atoms with Crippen molar-refractivity contribution in [3.8, 4) is 0 Å². The van der Waals surface area contributed by atoms with Crippen molar-refractivity contribution < 1.29 is 4.79 Å². The van der Waals surface area contributed by atoms with Crippen LogP contribution in [0.15, 0.2) is 0 Å². The second kappa shape index (κ2) is 10.7. The maximum absolute atomic E-state index is 10.3. The first kappa shape index (κ1) is 13.7. The van der Waals surface area contributed by atoms with Crippen LogP contribution >= 0.6 is 0 Å². The van der Waals surface area contributed by atoms with E-state index in [-0.39, 0.29) is 5.92 Å². The van der Waals surface area contributed by atoms with E-state index < -0.39 is 0 Å². The third kappa shape index (κ3) is 9.76. The summed E-state index contributed by atoms with van der Waals surface area (Å²) >= 11 is 0. The van der Waals surface area contributed by atoms with Crippen LogP contribution in [0, 0.1) is 5.92 Å². The lowest BCUT2D eigenvalue weighted by Gasteiger charge is -2.03. The first-order chi connectivity index (χ1) is 6.81. The average molecular weight is 198 g/mol. The number of hydrogen-bond donors (Lipinski definition) is 0. The molecule has 0 N–H and O–H groups in total. The largest absolute Gasteiger partial charge is 0.303 e. The van der Waals surface area contributed by atoms with Gasteiger partial charge in [0.05, 0.1) is 0 Å². The first-order valence-electron chi connectivity index (χ1n) is 6.26. The molecular formula is C13H26O. The number of carbonyl (C=O) groups is 1. The minimum absolute atomic E-state index is 0.273. The Morgan fingerprint density at radius 3 is 1.93 bits per heavy atom. The van der Waals surface area contributed by atoms with Gasteiger partial charge in [0.15, 0.2) is 0 Å². The van der Waals surface area contributed by atoms with Crippen LogP contribution in [0.1, 0.15) is 71.6 Å². The molecule has 0 saturated heterocycles. The van der Waals surface area contributed by atoms with Gasteiger partial charge in [-0.3, -0.25) is 0 Å². The fourth-order valence-electron chi connectivity index (χ4n) is 1.67. The molecule has 1 atom stereocenters. The number of unbranched alkanes of at least 4 members (excludes halogenated alkanes) is 7. The normalized spacial score (nSPS) is 12.7. The minimum atomic E-state index is 0.273. The van der Waals surface area contributed by atoms with Gasteiger partial charge in [0.25, 0.3) is 0 Å². The number of aldehydes is 1. The van der Waals surface area contributed by atoms with Crippen LogP contribution in [0.3, 0.4) is 0 Å². The van der Waals surface area contributed by atoms with Crippen LogP contribution in [0.2, 0.25) is 0 Å². The van der Waals surface area contributed by atoms with Crippen LogP contribution in [0.4, 0.5) is 0 Å². The number of rotatable bonds is 10. The van der Waals surface area contributed by atoms with E-state index in [0.29, 0.717) is 0 Å². The Morgan fingerprint density at radius 1 is 0.929 bits per heavy atom. The van der Waals surface area contributed by atoms with E-state index in [9.17, 15) is 4.79 Å². The van der Waals surface area contributed by atoms with E-state index >= 15 is 0 Å². The molecule has 0 rings (SSSR count). The van der Waals surface area contributed by atoms with Crippen molar-refractivity contribution in [2.75, 3.05) is 0 Å². The Hall–Kier alpha value is -0.330. The second-order valence-corrected chi connectivity index (χ2v) is 4.38. The third-order valence-corrected chi connectivity index (χ3v) is 2.75. The monoisotopic (exact) mass is 198 g/mol. The fourth-order valence-corrected chi connectivity index (χ4v) is 1.67. The maximum Gasteiger partial charge on any atom is 0.122 e. The zero-order valence-corrected chi connectivity index (χ0v) is 9.93. The second-order valence-electron chi connectivity index (χ2n) is 4.38. The molecule has 0 amide bonds. The highest BCUT2D eigenvalue weighted by molar-refractivity contribution is 5.52. The first-order valence-corrected chi connectivity index (χ1v) is 6.26. The molecule has 0 aromatic carbocycles. The van der Waals surface area contributed by atoms with Gasteiger partial charge in [0.2, 0.25) is 0 Å². The van der Waals surface area contributed by atoms with Crippen molar-refractivity contribution in [2.24, 2.45) is 5.92 Å². The van der Waals surface area contributed by atoms with E-state index in [1.165, 1.54) is 51.4 Å². The van der Waals surface area contributed by atoms with Crippen LogP contribution in [-0.2, 0) is 4.79 Å². The molecule has 0 aliphatic rings. The van der Waals surface area contributed by atoms with Gasteiger partial charge in [-0.15, -0.1) is 0 Å². The van der Waals surface area contributed by atoms with Gasteiger partial charge >= 0.3 is 0 Å². The summed E-state index contributed by atoms with van der Waals surface area (Å²) < 4.78 is 0. The van der Waals surface area contributed by atoms with Gasteiger partial charge in [-0.25, -0.2) is 0 Å². The third-order valence-electron chi connectivity index (χ3n) is 2.75. The summed E-state index contributed by atoms with van der Waals surface area (Å²) in [6.45, 7) is 4.26. The molecule has 0 saturated carbocycles. The van der Waals surface area contributed by atoms with Crippen LogP contribution in [0.25, 0.3) is 0 Å². The Morgan fingerprint density at radius 2 is 1.43 bits per heavy atom. The predicted molar refractivity (Wildman–Crippen MR) is 62.5 cm³/mol. The summed E-state index contributed by atoms with van der Waals surface area (Å²) in [6, 6.07) is 0. The maximum atomic E-state index is 10.3. The van der Waals surface area contributed by atoms with E-state index in [4.69, 9.17) is 0 Å².